The van der Waals surface area contributed by atoms with E-state index in [1.165, 1.54) is 44.6 Å². The van der Waals surface area contributed by atoms with Crippen molar-refractivity contribution in [1.29, 1.82) is 0 Å². The Morgan fingerprint density at radius 2 is 1.90 bits per heavy atom. The number of amides is 1. The maximum Gasteiger partial charge on any atom is 0.248 e. The number of likely N-dealkylation sites (tertiary alicyclic amines) is 2. The van der Waals surface area contributed by atoms with Crippen molar-refractivity contribution in [2.75, 3.05) is 53.9 Å². The molecule has 4 atom stereocenters. The van der Waals surface area contributed by atoms with E-state index in [9.17, 15) is 4.79 Å². The second-order valence-corrected chi connectivity index (χ2v) is 9.68. The van der Waals surface area contributed by atoms with Crippen LogP contribution in [0.3, 0.4) is 0 Å². The number of ether oxygens (including phenoxy) is 1. The van der Waals surface area contributed by atoms with Crippen LogP contribution in [0.1, 0.15) is 37.3 Å². The zero-order valence-electron chi connectivity index (χ0n) is 18.5. The predicted molar refractivity (Wildman–Crippen MR) is 113 cm³/mol. The highest BCUT2D eigenvalue weighted by Gasteiger charge is 2.45. The summed E-state index contributed by atoms with van der Waals surface area (Å²) in [6.45, 7) is 7.06. The number of fused-ring (bicyclic) bond motifs is 1. The number of hydrogen-bond donors (Lipinski definition) is 0. The first-order valence-corrected chi connectivity index (χ1v) is 11.2. The molecule has 0 radical (unpaired) electrons. The first-order valence-electron chi connectivity index (χ1n) is 11.2. The maximum absolute atomic E-state index is 12.1. The predicted octanol–water partition coefficient (Wildman–Crippen LogP) is 1.64. The van der Waals surface area contributed by atoms with E-state index in [2.05, 4.69) is 39.7 Å². The lowest BCUT2D eigenvalue weighted by Gasteiger charge is -2.38. The fraction of sp³-hybridized carbons (Fsp3) is 0.818. The second kappa shape index (κ2) is 8.74. The van der Waals surface area contributed by atoms with Gasteiger partial charge in [-0.3, -0.25) is 14.4 Å². The zero-order chi connectivity index (χ0) is 20.5. The first kappa shape index (κ1) is 20.8. The van der Waals surface area contributed by atoms with Crippen LogP contribution in [0, 0.1) is 18.8 Å². The SMILES string of the molecule is Cc1cnn([C@H]2C[C@H]3CN(C4CCN(C)CC4)C[C@H]3C[C@@H]2OCC(=O)N(C)C)c1. The number of aryl methyl sites for hydroxylation is 1. The van der Waals surface area contributed by atoms with Gasteiger partial charge in [-0.2, -0.15) is 5.10 Å². The number of rotatable bonds is 5. The molecule has 0 bridgehead atoms. The molecule has 3 fully saturated rings. The summed E-state index contributed by atoms with van der Waals surface area (Å²) in [6.07, 6.45) is 8.79. The van der Waals surface area contributed by atoms with E-state index in [-0.39, 0.29) is 24.7 Å². The van der Waals surface area contributed by atoms with E-state index in [1.54, 1.807) is 19.0 Å². The van der Waals surface area contributed by atoms with E-state index in [0.717, 1.165) is 18.9 Å². The summed E-state index contributed by atoms with van der Waals surface area (Å²) in [4.78, 5) is 18.9. The number of hydrogen-bond acceptors (Lipinski definition) is 5. The molecule has 2 saturated heterocycles. The molecule has 1 aliphatic carbocycles. The Bertz CT molecular complexity index is 697. The average Bonchev–Trinajstić information content (AvgIpc) is 3.31. The molecule has 1 aromatic rings. The van der Waals surface area contributed by atoms with Crippen LogP contribution in [0.5, 0.6) is 0 Å². The summed E-state index contributed by atoms with van der Waals surface area (Å²) >= 11 is 0. The third kappa shape index (κ3) is 4.67. The molecule has 7 heteroatoms. The fourth-order valence-electron chi connectivity index (χ4n) is 5.46. The van der Waals surface area contributed by atoms with Gasteiger partial charge in [-0.25, -0.2) is 0 Å². The van der Waals surface area contributed by atoms with E-state index in [4.69, 9.17) is 4.74 Å². The second-order valence-electron chi connectivity index (χ2n) is 9.68. The number of piperidine rings is 1. The van der Waals surface area contributed by atoms with Crippen molar-refractivity contribution in [1.82, 2.24) is 24.5 Å². The molecule has 0 spiro atoms. The third-order valence-electron chi connectivity index (χ3n) is 7.31. The monoisotopic (exact) mass is 403 g/mol. The quantitative estimate of drug-likeness (QED) is 0.748. The van der Waals surface area contributed by atoms with Crippen molar-refractivity contribution < 1.29 is 9.53 Å². The number of aromatic nitrogens is 2. The van der Waals surface area contributed by atoms with Crippen molar-refractivity contribution in [3.63, 3.8) is 0 Å². The molecule has 3 aliphatic rings. The molecule has 2 aliphatic heterocycles. The fourth-order valence-corrected chi connectivity index (χ4v) is 5.46. The van der Waals surface area contributed by atoms with Crippen LogP contribution in [-0.4, -0.2) is 96.5 Å². The van der Waals surface area contributed by atoms with Gasteiger partial charge in [0.1, 0.15) is 6.61 Å². The molecular weight excluding hydrogens is 366 g/mol. The van der Waals surface area contributed by atoms with Gasteiger partial charge in [-0.1, -0.05) is 0 Å². The minimum absolute atomic E-state index is 0.0295. The Balaban J connectivity index is 1.44. The molecule has 3 heterocycles. The topological polar surface area (TPSA) is 53.8 Å². The molecule has 1 saturated carbocycles. The Morgan fingerprint density at radius 1 is 1.21 bits per heavy atom. The number of carbonyl (C=O) groups excluding carboxylic acids is 1. The van der Waals surface area contributed by atoms with Gasteiger partial charge in [0.15, 0.2) is 0 Å². The average molecular weight is 404 g/mol. The molecule has 29 heavy (non-hydrogen) atoms. The van der Waals surface area contributed by atoms with Gasteiger partial charge in [0, 0.05) is 39.4 Å². The highest BCUT2D eigenvalue weighted by atomic mass is 16.5. The van der Waals surface area contributed by atoms with Gasteiger partial charge >= 0.3 is 0 Å². The standard InChI is InChI=1S/C22H37N5O2/c1-16-11-23-27(12-16)20-9-17-13-26(19-5-7-25(4)8-6-19)14-18(17)10-21(20)29-15-22(28)24(2)3/h11-12,17-21H,5-10,13-15H2,1-4H3/t17-,18+,20-,21-/m0/s1. The van der Waals surface area contributed by atoms with E-state index in [1.807, 2.05) is 6.20 Å². The number of nitrogens with zero attached hydrogens (tertiary/aromatic N) is 5. The first-order chi connectivity index (χ1) is 13.9. The minimum Gasteiger partial charge on any atom is -0.366 e. The summed E-state index contributed by atoms with van der Waals surface area (Å²) in [5.74, 6) is 1.40. The molecule has 7 nitrogen and oxygen atoms in total. The van der Waals surface area contributed by atoms with Crippen molar-refractivity contribution in [3.05, 3.63) is 18.0 Å². The summed E-state index contributed by atoms with van der Waals surface area (Å²) in [5, 5.41) is 4.61. The molecule has 0 N–H and O–H groups in total. The summed E-state index contributed by atoms with van der Waals surface area (Å²) in [6, 6.07) is 0.953. The van der Waals surface area contributed by atoms with Gasteiger partial charge in [0.25, 0.3) is 0 Å². The smallest absolute Gasteiger partial charge is 0.248 e. The van der Waals surface area contributed by atoms with Gasteiger partial charge in [-0.05, 0) is 70.1 Å². The molecular formula is C22H37N5O2. The van der Waals surface area contributed by atoms with Crippen molar-refractivity contribution >= 4 is 5.91 Å². The van der Waals surface area contributed by atoms with Gasteiger partial charge in [0.05, 0.1) is 18.3 Å². The molecule has 4 rings (SSSR count). The third-order valence-corrected chi connectivity index (χ3v) is 7.31. The van der Waals surface area contributed by atoms with Crippen LogP contribution in [0.4, 0.5) is 0 Å². The Kier molecular flexibility index (Phi) is 6.27. The molecule has 0 aromatic carbocycles. The van der Waals surface area contributed by atoms with Crippen LogP contribution < -0.4 is 0 Å². The van der Waals surface area contributed by atoms with Crippen LogP contribution in [-0.2, 0) is 9.53 Å². The molecule has 1 aromatic heterocycles. The number of carbonyl (C=O) groups is 1. The van der Waals surface area contributed by atoms with Gasteiger partial charge < -0.3 is 14.5 Å². The lowest BCUT2D eigenvalue weighted by atomic mass is 9.77. The van der Waals surface area contributed by atoms with E-state index in [0.29, 0.717) is 11.8 Å². The van der Waals surface area contributed by atoms with Gasteiger partial charge in [0.2, 0.25) is 5.91 Å². The molecule has 162 valence electrons. The van der Waals surface area contributed by atoms with Gasteiger partial charge in [-0.15, -0.1) is 0 Å². The molecule has 1 amide bonds. The van der Waals surface area contributed by atoms with Crippen LogP contribution in [0.15, 0.2) is 12.4 Å². The minimum atomic E-state index is 0.0295. The maximum atomic E-state index is 12.1. The zero-order valence-corrected chi connectivity index (χ0v) is 18.5. The van der Waals surface area contributed by atoms with Crippen LogP contribution in [0.2, 0.25) is 0 Å². The largest absolute Gasteiger partial charge is 0.366 e. The van der Waals surface area contributed by atoms with E-state index < -0.39 is 0 Å². The van der Waals surface area contributed by atoms with Crippen molar-refractivity contribution in [3.8, 4) is 0 Å². The summed E-state index contributed by atoms with van der Waals surface area (Å²) in [5.41, 5.74) is 1.18. The lowest BCUT2D eigenvalue weighted by Crippen LogP contribution is -2.42. The van der Waals surface area contributed by atoms with E-state index >= 15 is 0 Å². The van der Waals surface area contributed by atoms with Crippen molar-refractivity contribution in [2.45, 2.75) is 50.8 Å². The lowest BCUT2D eigenvalue weighted by molar-refractivity contribution is -0.138. The molecule has 0 unspecified atom stereocenters. The highest BCUT2D eigenvalue weighted by Crippen LogP contribution is 2.43. The summed E-state index contributed by atoms with van der Waals surface area (Å²) < 4.78 is 8.30. The summed E-state index contributed by atoms with van der Waals surface area (Å²) in [7, 11) is 5.80. The van der Waals surface area contributed by atoms with Crippen LogP contribution in [0.25, 0.3) is 0 Å². The Hall–Kier alpha value is -1.44. The normalized spacial score (nSPS) is 31.7. The van der Waals surface area contributed by atoms with Crippen molar-refractivity contribution in [2.24, 2.45) is 11.8 Å². The number of likely N-dealkylation sites (N-methyl/N-ethyl adjacent to an activating group) is 1. The van der Waals surface area contributed by atoms with Crippen LogP contribution >= 0.6 is 0 Å². The Morgan fingerprint density at radius 3 is 2.52 bits per heavy atom. The highest BCUT2D eigenvalue weighted by molar-refractivity contribution is 5.76. The Labute approximate surface area is 175 Å².